The number of hydrogen-bond donors (Lipinski definition) is 1. The van der Waals surface area contributed by atoms with Gasteiger partial charge >= 0.3 is 0 Å². The van der Waals surface area contributed by atoms with Crippen molar-refractivity contribution in [2.24, 2.45) is 5.92 Å². The van der Waals surface area contributed by atoms with Gasteiger partial charge in [0.05, 0.1) is 39.6 Å². The fourth-order valence-electron chi connectivity index (χ4n) is 1.42. The Morgan fingerprint density at radius 1 is 0.818 bits per heavy atom. The third-order valence-electron chi connectivity index (χ3n) is 2.68. The lowest BCUT2D eigenvalue weighted by molar-refractivity contribution is -0.123. The first-order chi connectivity index (χ1) is 10.5. The predicted octanol–water partition coefficient (Wildman–Crippen LogP) is 2.68. The fourth-order valence-corrected chi connectivity index (χ4v) is 1.42. The highest BCUT2D eigenvalue weighted by atomic mass is 16.5. The molecule has 1 N–H and O–H groups in total. The highest BCUT2D eigenvalue weighted by Crippen LogP contribution is 1.98. The van der Waals surface area contributed by atoms with Crippen molar-refractivity contribution in [3.8, 4) is 0 Å². The van der Waals surface area contributed by atoms with Crippen LogP contribution in [0.2, 0.25) is 0 Å². The molecule has 0 heterocycles. The molecule has 0 bridgehead atoms. The van der Waals surface area contributed by atoms with Gasteiger partial charge in [-0.25, -0.2) is 0 Å². The van der Waals surface area contributed by atoms with Crippen LogP contribution in [0, 0.1) is 5.92 Å². The van der Waals surface area contributed by atoms with E-state index < -0.39 is 0 Å². The van der Waals surface area contributed by atoms with Crippen LogP contribution in [0.3, 0.4) is 0 Å². The van der Waals surface area contributed by atoms with E-state index in [1.807, 2.05) is 27.7 Å². The van der Waals surface area contributed by atoms with Gasteiger partial charge in [0.1, 0.15) is 5.78 Å². The second-order valence-electron chi connectivity index (χ2n) is 5.32. The topological polar surface area (TPSA) is 56.8 Å². The molecule has 5 nitrogen and oxygen atoms in total. The maximum absolute atomic E-state index is 11.3. The molecule has 0 aliphatic carbocycles. The highest BCUT2D eigenvalue weighted by Gasteiger charge is 2.05. The number of hydrogen-bond acceptors (Lipinski definition) is 5. The van der Waals surface area contributed by atoms with Gasteiger partial charge in [0.25, 0.3) is 0 Å². The third kappa shape index (κ3) is 19.5. The summed E-state index contributed by atoms with van der Waals surface area (Å²) in [6.07, 6.45) is 0.490. The molecule has 0 radical (unpaired) electrons. The van der Waals surface area contributed by atoms with E-state index >= 15 is 0 Å². The molecule has 0 aromatic carbocycles. The van der Waals surface area contributed by atoms with Crippen molar-refractivity contribution < 1.29 is 19.0 Å². The Balaban J connectivity index is 0. The fraction of sp³-hybridized carbons (Fsp3) is 0.941. The van der Waals surface area contributed by atoms with Crippen LogP contribution in [0.5, 0.6) is 0 Å². The molecular formula is C17H37NO4. The molecule has 0 saturated heterocycles. The smallest absolute Gasteiger partial charge is 0.137 e. The van der Waals surface area contributed by atoms with Crippen molar-refractivity contribution in [2.75, 3.05) is 46.2 Å². The lowest BCUT2D eigenvalue weighted by Gasteiger charge is -2.09. The number of carbonyl (C=O) groups is 1. The summed E-state index contributed by atoms with van der Waals surface area (Å²) in [5, 5.41) is 3.27. The summed E-state index contributed by atoms with van der Waals surface area (Å²) in [7, 11) is 0. The molecule has 0 aromatic rings. The van der Waals surface area contributed by atoms with Crippen LogP contribution in [-0.4, -0.2) is 58.0 Å². The normalized spacial score (nSPS) is 10.7. The first-order valence-electron chi connectivity index (χ1n) is 8.53. The highest BCUT2D eigenvalue weighted by molar-refractivity contribution is 5.80. The second-order valence-corrected chi connectivity index (χ2v) is 5.32. The summed E-state index contributed by atoms with van der Waals surface area (Å²) in [6, 6.07) is 0.495. The van der Waals surface area contributed by atoms with Crippen molar-refractivity contribution in [1.29, 1.82) is 0 Å². The van der Waals surface area contributed by atoms with Crippen molar-refractivity contribution in [3.63, 3.8) is 0 Å². The van der Waals surface area contributed by atoms with E-state index in [1.54, 1.807) is 0 Å². The molecule has 22 heavy (non-hydrogen) atoms. The monoisotopic (exact) mass is 319 g/mol. The van der Waals surface area contributed by atoms with Crippen LogP contribution in [0.15, 0.2) is 0 Å². The lowest BCUT2D eigenvalue weighted by atomic mass is 10.1. The first kappa shape index (κ1) is 23.8. The van der Waals surface area contributed by atoms with Gasteiger partial charge in [-0.3, -0.25) is 4.79 Å². The van der Waals surface area contributed by atoms with Gasteiger partial charge in [-0.15, -0.1) is 0 Å². The Bertz CT molecular complexity index is 233. The van der Waals surface area contributed by atoms with Gasteiger partial charge in [0, 0.05) is 24.9 Å². The van der Waals surface area contributed by atoms with Crippen LogP contribution in [-0.2, 0) is 19.0 Å². The van der Waals surface area contributed by atoms with Crippen LogP contribution in [0.4, 0.5) is 0 Å². The molecule has 0 atom stereocenters. The van der Waals surface area contributed by atoms with Gasteiger partial charge in [-0.2, -0.15) is 0 Å². The Hall–Kier alpha value is -0.490. The Kier molecular flexibility index (Phi) is 20.1. The number of Topliss-reactive ketones (excluding diaryl/α,β-unsaturated/α-hetero) is 1. The van der Waals surface area contributed by atoms with Crippen molar-refractivity contribution in [2.45, 2.75) is 54.0 Å². The van der Waals surface area contributed by atoms with Gasteiger partial charge in [-0.05, 0) is 0 Å². The summed E-state index contributed by atoms with van der Waals surface area (Å²) < 4.78 is 16.1. The van der Waals surface area contributed by atoms with Crippen LogP contribution in [0.1, 0.15) is 48.0 Å². The summed E-state index contributed by atoms with van der Waals surface area (Å²) in [5.74, 6) is 0.339. The number of carbonyl (C=O) groups excluding carboxylic acids is 1. The first-order valence-corrected chi connectivity index (χ1v) is 8.53. The van der Waals surface area contributed by atoms with Crippen LogP contribution < -0.4 is 5.32 Å². The minimum atomic E-state index is 0.0946. The third-order valence-corrected chi connectivity index (χ3v) is 2.68. The number of rotatable bonds is 14. The average molecular weight is 319 g/mol. The van der Waals surface area contributed by atoms with E-state index in [4.69, 9.17) is 14.2 Å². The lowest BCUT2D eigenvalue weighted by Crippen LogP contribution is -2.27. The van der Waals surface area contributed by atoms with E-state index in [9.17, 15) is 4.79 Å². The van der Waals surface area contributed by atoms with Crippen LogP contribution >= 0.6 is 0 Å². The van der Waals surface area contributed by atoms with Gasteiger partial charge in [0.2, 0.25) is 0 Å². The molecule has 5 heteroatoms. The van der Waals surface area contributed by atoms with Gasteiger partial charge in [0.15, 0.2) is 0 Å². The summed E-state index contributed by atoms with van der Waals surface area (Å²) in [4.78, 5) is 11.3. The summed E-state index contributed by atoms with van der Waals surface area (Å²) in [5.41, 5.74) is 0. The zero-order valence-electron chi connectivity index (χ0n) is 15.4. The Morgan fingerprint density at radius 2 is 1.27 bits per heavy atom. The number of ether oxygens (including phenoxy) is 3. The second kappa shape index (κ2) is 18.6. The maximum Gasteiger partial charge on any atom is 0.137 e. The molecular weight excluding hydrogens is 282 g/mol. The Morgan fingerprint density at radius 3 is 1.73 bits per heavy atom. The molecule has 0 unspecified atom stereocenters. The molecule has 0 aliphatic heterocycles. The van der Waals surface area contributed by atoms with Crippen LogP contribution in [0.25, 0.3) is 0 Å². The molecule has 0 aromatic heterocycles. The molecule has 0 aliphatic rings. The van der Waals surface area contributed by atoms with E-state index in [1.165, 1.54) is 0 Å². The largest absolute Gasteiger partial charge is 0.379 e. The zero-order chi connectivity index (χ0) is 17.2. The van der Waals surface area contributed by atoms with Crippen molar-refractivity contribution in [3.05, 3.63) is 0 Å². The predicted molar refractivity (Wildman–Crippen MR) is 91.4 cm³/mol. The maximum atomic E-state index is 11.3. The quantitative estimate of drug-likeness (QED) is 0.499. The molecule has 0 fully saturated rings. The molecule has 134 valence electrons. The van der Waals surface area contributed by atoms with Crippen molar-refractivity contribution >= 4 is 5.78 Å². The van der Waals surface area contributed by atoms with E-state index in [-0.39, 0.29) is 11.7 Å². The van der Waals surface area contributed by atoms with Gasteiger partial charge in [-0.1, -0.05) is 41.5 Å². The minimum Gasteiger partial charge on any atom is -0.379 e. The standard InChI is InChI=1S/C15H31NO4.C2H6/c1-13(2)15(17)5-7-18-9-11-20-12-10-19-8-6-16-14(3)4;1-2/h13-14,16H,5-12H2,1-4H3;1-2H3. The number of nitrogens with one attached hydrogen (secondary N) is 1. The molecule has 0 spiro atoms. The van der Waals surface area contributed by atoms with E-state index in [0.717, 1.165) is 6.54 Å². The summed E-state index contributed by atoms with van der Waals surface area (Å²) >= 11 is 0. The molecule has 0 amide bonds. The molecule has 0 saturated carbocycles. The average Bonchev–Trinajstić information content (AvgIpc) is 2.49. The summed E-state index contributed by atoms with van der Waals surface area (Å²) in [6.45, 7) is 16.3. The number of ketones is 1. The zero-order valence-corrected chi connectivity index (χ0v) is 15.4. The van der Waals surface area contributed by atoms with E-state index in [0.29, 0.717) is 52.1 Å². The SMILES string of the molecule is CC.CC(C)NCCOCCOCCOCCC(=O)C(C)C. The van der Waals surface area contributed by atoms with E-state index in [2.05, 4.69) is 19.2 Å². The van der Waals surface area contributed by atoms with Crippen molar-refractivity contribution in [1.82, 2.24) is 5.32 Å². The molecule has 0 rings (SSSR count). The minimum absolute atomic E-state index is 0.0946. The van der Waals surface area contributed by atoms with Gasteiger partial charge < -0.3 is 19.5 Å². The Labute approximate surface area is 137 Å².